The van der Waals surface area contributed by atoms with Crippen LogP contribution in [0.2, 0.25) is 0 Å². The molecule has 0 saturated carbocycles. The summed E-state index contributed by atoms with van der Waals surface area (Å²) in [4.78, 5) is 10.6. The van der Waals surface area contributed by atoms with E-state index >= 15 is 0 Å². The van der Waals surface area contributed by atoms with E-state index in [9.17, 15) is 4.79 Å². The number of carboxylic acid groups (broad SMARTS) is 1. The van der Waals surface area contributed by atoms with Crippen LogP contribution in [-0.4, -0.2) is 28.2 Å². The van der Waals surface area contributed by atoms with E-state index < -0.39 is 5.97 Å². The number of aromatic carboxylic acids is 1. The Kier molecular flexibility index (Phi) is 4.87. The number of carbonyl (C=O) groups is 1. The van der Waals surface area contributed by atoms with E-state index in [0.29, 0.717) is 12.4 Å². The maximum Gasteiger partial charge on any atom is 0.335 e. The van der Waals surface area contributed by atoms with Crippen LogP contribution in [0.15, 0.2) is 24.3 Å². The van der Waals surface area contributed by atoms with Crippen LogP contribution in [0.4, 0.5) is 0 Å². The van der Waals surface area contributed by atoms with Gasteiger partial charge < -0.3 is 9.84 Å². The monoisotopic (exact) mass is 254 g/mol. The zero-order valence-electron chi connectivity index (χ0n) is 10.4. The average Bonchev–Trinajstić information content (AvgIpc) is 2.24. The fourth-order valence-corrected chi connectivity index (χ4v) is 1.98. The number of rotatable bonds is 5. The molecular formula is C13H18O3S. The van der Waals surface area contributed by atoms with E-state index in [-0.39, 0.29) is 10.3 Å². The summed E-state index contributed by atoms with van der Waals surface area (Å²) >= 11 is 1.84. The minimum Gasteiger partial charge on any atom is -0.493 e. The largest absolute Gasteiger partial charge is 0.493 e. The van der Waals surface area contributed by atoms with Gasteiger partial charge in [0.25, 0.3) is 0 Å². The van der Waals surface area contributed by atoms with Crippen molar-refractivity contribution in [3.05, 3.63) is 29.8 Å². The van der Waals surface area contributed by atoms with Gasteiger partial charge in [0.05, 0.1) is 12.2 Å². The second-order valence-corrected chi connectivity index (χ2v) is 6.56. The molecule has 0 unspecified atom stereocenters. The Morgan fingerprint density at radius 2 is 1.88 bits per heavy atom. The minimum absolute atomic E-state index is 0.247. The molecule has 94 valence electrons. The Balaban J connectivity index is 2.35. The standard InChI is InChI=1S/C13H18O3S/c1-13(2,3)17-9-8-16-11-6-4-10(5-7-11)12(14)15/h4-7H,8-9H2,1-3H3,(H,14,15). The smallest absolute Gasteiger partial charge is 0.335 e. The fraction of sp³-hybridized carbons (Fsp3) is 0.462. The van der Waals surface area contributed by atoms with Gasteiger partial charge in [0.1, 0.15) is 5.75 Å². The molecule has 1 aromatic carbocycles. The summed E-state index contributed by atoms with van der Waals surface area (Å²) in [6.07, 6.45) is 0. The van der Waals surface area contributed by atoms with E-state index in [1.165, 1.54) is 0 Å². The first-order valence-electron chi connectivity index (χ1n) is 5.48. The van der Waals surface area contributed by atoms with Gasteiger partial charge in [-0.1, -0.05) is 20.8 Å². The van der Waals surface area contributed by atoms with Gasteiger partial charge in [-0.3, -0.25) is 0 Å². The van der Waals surface area contributed by atoms with Gasteiger partial charge in [0.15, 0.2) is 0 Å². The highest BCUT2D eigenvalue weighted by atomic mass is 32.2. The van der Waals surface area contributed by atoms with Gasteiger partial charge in [-0.25, -0.2) is 4.79 Å². The first-order valence-corrected chi connectivity index (χ1v) is 6.47. The van der Waals surface area contributed by atoms with Gasteiger partial charge in [-0.15, -0.1) is 0 Å². The highest BCUT2D eigenvalue weighted by Crippen LogP contribution is 2.22. The molecule has 0 amide bonds. The Morgan fingerprint density at radius 3 is 2.35 bits per heavy atom. The maximum atomic E-state index is 10.6. The van der Waals surface area contributed by atoms with Crippen LogP contribution >= 0.6 is 11.8 Å². The lowest BCUT2D eigenvalue weighted by atomic mass is 10.2. The van der Waals surface area contributed by atoms with Crippen LogP contribution in [-0.2, 0) is 0 Å². The lowest BCUT2D eigenvalue weighted by Gasteiger charge is -2.17. The maximum absolute atomic E-state index is 10.6. The van der Waals surface area contributed by atoms with Crippen molar-refractivity contribution in [1.29, 1.82) is 0 Å². The predicted molar refractivity (Wildman–Crippen MR) is 71.1 cm³/mol. The zero-order valence-corrected chi connectivity index (χ0v) is 11.2. The SMILES string of the molecule is CC(C)(C)SCCOc1ccc(C(=O)O)cc1. The van der Waals surface area contributed by atoms with Gasteiger partial charge in [0, 0.05) is 10.5 Å². The molecule has 0 aromatic heterocycles. The second-order valence-electron chi connectivity index (χ2n) is 4.64. The Labute approximate surface area is 106 Å². The third-order valence-electron chi connectivity index (χ3n) is 1.99. The molecular weight excluding hydrogens is 236 g/mol. The summed E-state index contributed by atoms with van der Waals surface area (Å²) in [6, 6.07) is 6.47. The molecule has 3 nitrogen and oxygen atoms in total. The van der Waals surface area contributed by atoms with Gasteiger partial charge in [-0.05, 0) is 24.3 Å². The van der Waals surface area contributed by atoms with Crippen molar-refractivity contribution in [2.24, 2.45) is 0 Å². The lowest BCUT2D eigenvalue weighted by Crippen LogP contribution is -2.11. The average molecular weight is 254 g/mol. The predicted octanol–water partition coefficient (Wildman–Crippen LogP) is 3.30. The molecule has 0 bridgehead atoms. The van der Waals surface area contributed by atoms with Crippen molar-refractivity contribution >= 4 is 17.7 Å². The van der Waals surface area contributed by atoms with Gasteiger partial charge in [0.2, 0.25) is 0 Å². The Bertz CT molecular complexity index is 365. The molecule has 0 aliphatic rings. The third kappa shape index (κ3) is 5.63. The Morgan fingerprint density at radius 1 is 1.29 bits per heavy atom. The molecule has 0 aliphatic heterocycles. The second kappa shape index (κ2) is 5.96. The summed E-state index contributed by atoms with van der Waals surface area (Å²) in [7, 11) is 0. The molecule has 0 fully saturated rings. The first-order chi connectivity index (χ1) is 7.88. The van der Waals surface area contributed by atoms with E-state index in [4.69, 9.17) is 9.84 Å². The van der Waals surface area contributed by atoms with Crippen LogP contribution in [0, 0.1) is 0 Å². The van der Waals surface area contributed by atoms with Gasteiger partial charge in [-0.2, -0.15) is 11.8 Å². The van der Waals surface area contributed by atoms with Crippen LogP contribution in [0.3, 0.4) is 0 Å². The van der Waals surface area contributed by atoms with Crippen molar-refractivity contribution in [3.63, 3.8) is 0 Å². The molecule has 1 aromatic rings. The van der Waals surface area contributed by atoms with Crippen molar-refractivity contribution < 1.29 is 14.6 Å². The van der Waals surface area contributed by atoms with Crippen LogP contribution in [0.25, 0.3) is 0 Å². The quantitative estimate of drug-likeness (QED) is 0.819. The summed E-state index contributed by atoms with van der Waals surface area (Å²) in [5.41, 5.74) is 0.279. The molecule has 1 rings (SSSR count). The van der Waals surface area contributed by atoms with E-state index in [0.717, 1.165) is 5.75 Å². The third-order valence-corrected chi connectivity index (χ3v) is 3.23. The number of carboxylic acids is 1. The molecule has 0 radical (unpaired) electrons. The van der Waals surface area contributed by atoms with Crippen molar-refractivity contribution in [3.8, 4) is 5.75 Å². The molecule has 0 heterocycles. The number of hydrogen-bond donors (Lipinski definition) is 1. The highest BCUT2D eigenvalue weighted by Gasteiger charge is 2.09. The van der Waals surface area contributed by atoms with Crippen LogP contribution < -0.4 is 4.74 Å². The molecule has 0 spiro atoms. The summed E-state index contributed by atoms with van der Waals surface area (Å²) in [5, 5.41) is 8.74. The molecule has 0 atom stereocenters. The molecule has 1 N–H and O–H groups in total. The number of thioether (sulfide) groups is 1. The fourth-order valence-electron chi connectivity index (χ4n) is 1.20. The molecule has 0 saturated heterocycles. The zero-order chi connectivity index (χ0) is 12.9. The molecule has 17 heavy (non-hydrogen) atoms. The van der Waals surface area contributed by atoms with Crippen LogP contribution in [0.1, 0.15) is 31.1 Å². The van der Waals surface area contributed by atoms with Crippen molar-refractivity contribution in [2.75, 3.05) is 12.4 Å². The lowest BCUT2D eigenvalue weighted by molar-refractivity contribution is 0.0697. The number of ether oxygens (including phenoxy) is 1. The summed E-state index contributed by atoms with van der Waals surface area (Å²) in [5.74, 6) is 0.717. The topological polar surface area (TPSA) is 46.5 Å². The molecule has 4 heteroatoms. The summed E-state index contributed by atoms with van der Waals surface area (Å²) < 4.78 is 5.77. The van der Waals surface area contributed by atoms with E-state index in [1.54, 1.807) is 24.3 Å². The minimum atomic E-state index is -0.917. The molecule has 0 aliphatic carbocycles. The van der Waals surface area contributed by atoms with Crippen LogP contribution in [0.5, 0.6) is 5.75 Å². The van der Waals surface area contributed by atoms with Crippen molar-refractivity contribution in [1.82, 2.24) is 0 Å². The highest BCUT2D eigenvalue weighted by molar-refractivity contribution is 8.00. The van der Waals surface area contributed by atoms with E-state index in [1.807, 2.05) is 11.8 Å². The normalized spacial score (nSPS) is 11.2. The van der Waals surface area contributed by atoms with Crippen molar-refractivity contribution in [2.45, 2.75) is 25.5 Å². The number of benzene rings is 1. The van der Waals surface area contributed by atoms with E-state index in [2.05, 4.69) is 20.8 Å². The summed E-state index contributed by atoms with van der Waals surface area (Å²) in [6.45, 7) is 7.13. The first kappa shape index (κ1) is 13.9. The van der Waals surface area contributed by atoms with Gasteiger partial charge >= 0.3 is 5.97 Å². The number of hydrogen-bond acceptors (Lipinski definition) is 3. The Hall–Kier alpha value is -1.16.